The zero-order chi connectivity index (χ0) is 21.5. The summed E-state index contributed by atoms with van der Waals surface area (Å²) in [6, 6.07) is 3.85. The van der Waals surface area contributed by atoms with Gasteiger partial charge in [0.05, 0.1) is 11.0 Å². The molecule has 3 unspecified atom stereocenters. The van der Waals surface area contributed by atoms with Gasteiger partial charge in [0.1, 0.15) is 0 Å². The number of rotatable bonds is 5. The first-order valence-electron chi connectivity index (χ1n) is 11.9. The maximum absolute atomic E-state index is 13.1. The van der Waals surface area contributed by atoms with E-state index in [4.69, 9.17) is 9.47 Å². The molecule has 0 amide bonds. The third-order valence-corrected chi connectivity index (χ3v) is 8.34. The lowest BCUT2D eigenvalue weighted by Gasteiger charge is -2.62. The molecule has 6 rings (SSSR count). The van der Waals surface area contributed by atoms with Crippen LogP contribution in [0.1, 0.15) is 63.5 Å². The maximum atomic E-state index is 13.1. The van der Waals surface area contributed by atoms with Crippen LogP contribution in [-0.4, -0.2) is 52.6 Å². The number of esters is 1. The second-order valence-corrected chi connectivity index (χ2v) is 10.8. The summed E-state index contributed by atoms with van der Waals surface area (Å²) in [7, 11) is 0. The molecule has 2 aliphatic heterocycles. The van der Waals surface area contributed by atoms with E-state index in [1.807, 2.05) is 26.0 Å². The predicted octanol–water partition coefficient (Wildman–Crippen LogP) is 2.77. The summed E-state index contributed by atoms with van der Waals surface area (Å²) in [5.74, 6) is 1.62. The lowest BCUT2D eigenvalue weighted by molar-refractivity contribution is -0.188. The number of Topliss-reactive ketones (excluding diaryl/α,β-unsaturated/α-hetero) is 1. The van der Waals surface area contributed by atoms with Crippen molar-refractivity contribution in [2.75, 3.05) is 13.1 Å². The van der Waals surface area contributed by atoms with E-state index < -0.39 is 17.1 Å². The number of carbonyl (C=O) groups excluding carboxylic acids is 2. The molecule has 0 radical (unpaired) electrons. The number of benzene rings is 1. The number of ether oxygens (including phenoxy) is 2. The molecule has 1 spiro atoms. The van der Waals surface area contributed by atoms with Gasteiger partial charge >= 0.3 is 5.97 Å². The summed E-state index contributed by atoms with van der Waals surface area (Å²) in [6.07, 6.45) is 4.47. The Bertz CT molecular complexity index is 969. The van der Waals surface area contributed by atoms with Gasteiger partial charge in [-0.05, 0) is 62.1 Å². The average molecular weight is 426 g/mol. The van der Waals surface area contributed by atoms with Crippen LogP contribution in [0.25, 0.3) is 0 Å². The van der Waals surface area contributed by atoms with E-state index in [0.29, 0.717) is 37.2 Å². The van der Waals surface area contributed by atoms with Crippen molar-refractivity contribution in [2.24, 2.45) is 11.8 Å². The lowest BCUT2D eigenvalue weighted by atomic mass is 9.49. The molecule has 2 saturated carbocycles. The van der Waals surface area contributed by atoms with E-state index in [9.17, 15) is 14.7 Å². The molecule has 0 aromatic heterocycles. The lowest BCUT2D eigenvalue weighted by Crippen LogP contribution is -2.76. The highest BCUT2D eigenvalue weighted by molar-refractivity contribution is 5.90. The van der Waals surface area contributed by atoms with E-state index in [2.05, 4.69) is 4.90 Å². The van der Waals surface area contributed by atoms with Gasteiger partial charge in [0.2, 0.25) is 0 Å². The second kappa shape index (κ2) is 6.55. The van der Waals surface area contributed by atoms with Gasteiger partial charge in [-0.15, -0.1) is 0 Å². The predicted molar refractivity (Wildman–Crippen MR) is 113 cm³/mol. The Kier molecular flexibility index (Phi) is 4.17. The number of nitrogens with zero attached hydrogens (tertiary/aromatic N) is 1. The summed E-state index contributed by atoms with van der Waals surface area (Å²) in [6.45, 7) is 5.86. The van der Waals surface area contributed by atoms with Crippen molar-refractivity contribution >= 4 is 11.8 Å². The van der Waals surface area contributed by atoms with E-state index >= 15 is 0 Å². The molecule has 6 heteroatoms. The van der Waals surface area contributed by atoms with E-state index in [1.165, 1.54) is 12.8 Å². The van der Waals surface area contributed by atoms with Gasteiger partial charge in [0, 0.05) is 31.0 Å². The first-order valence-corrected chi connectivity index (χ1v) is 11.9. The molecule has 166 valence electrons. The van der Waals surface area contributed by atoms with Crippen molar-refractivity contribution in [1.29, 1.82) is 0 Å². The van der Waals surface area contributed by atoms with Crippen molar-refractivity contribution in [3.63, 3.8) is 0 Å². The monoisotopic (exact) mass is 425 g/mol. The van der Waals surface area contributed by atoms with Crippen LogP contribution in [0, 0.1) is 11.8 Å². The molecular formula is C25H31NO5. The van der Waals surface area contributed by atoms with Gasteiger partial charge in [0.25, 0.3) is 0 Å². The first-order chi connectivity index (χ1) is 14.8. The van der Waals surface area contributed by atoms with Crippen LogP contribution in [-0.2, 0) is 21.4 Å². The highest BCUT2D eigenvalue weighted by atomic mass is 16.6. The number of ketones is 1. The molecular weight excluding hydrogens is 394 g/mol. The SMILES string of the molecule is CC(C)CC(=O)Oc1ccc2c3c1OC1C(=O)CC[C@@]4(O)C(C2)N(CC2CC2)CCC314. The number of aliphatic hydroxyl groups is 1. The molecule has 1 saturated heterocycles. The van der Waals surface area contributed by atoms with Gasteiger partial charge in [0.15, 0.2) is 23.4 Å². The molecule has 4 atom stereocenters. The largest absolute Gasteiger partial charge is 0.477 e. The number of hydrogen-bond acceptors (Lipinski definition) is 6. The van der Waals surface area contributed by atoms with E-state index in [0.717, 1.165) is 36.6 Å². The van der Waals surface area contributed by atoms with Crippen LogP contribution >= 0.6 is 0 Å². The Morgan fingerprint density at radius 2 is 2.13 bits per heavy atom. The standard InChI is InChI=1S/C25H31NO5/c1-14(2)11-20(28)30-18-6-5-16-12-19-25(29)8-7-17(27)23-24(25,21(16)22(18)31-23)9-10-26(19)13-15-3-4-15/h5-6,14-15,19,23,29H,3-4,7-13H2,1-2H3/t19?,23?,24?,25-/m1/s1. The normalized spacial score (nSPS) is 35.7. The Morgan fingerprint density at radius 3 is 2.87 bits per heavy atom. The molecule has 5 aliphatic rings. The van der Waals surface area contributed by atoms with Gasteiger partial charge in [-0.1, -0.05) is 19.9 Å². The topological polar surface area (TPSA) is 76.1 Å². The molecule has 2 bridgehead atoms. The summed E-state index contributed by atoms with van der Waals surface area (Å²) < 4.78 is 12.0. The minimum atomic E-state index is -0.989. The molecule has 3 aliphatic carbocycles. The Hall–Kier alpha value is -1.92. The van der Waals surface area contributed by atoms with Crippen molar-refractivity contribution in [1.82, 2.24) is 4.90 Å². The number of carbonyl (C=O) groups is 2. The Labute approximate surface area is 182 Å². The van der Waals surface area contributed by atoms with Crippen LogP contribution in [0.5, 0.6) is 11.5 Å². The molecule has 3 fully saturated rings. The van der Waals surface area contributed by atoms with Crippen LogP contribution in [0.4, 0.5) is 0 Å². The summed E-state index contributed by atoms with van der Waals surface area (Å²) in [5.41, 5.74) is 0.352. The molecule has 6 nitrogen and oxygen atoms in total. The van der Waals surface area contributed by atoms with Crippen molar-refractivity contribution in [3.05, 3.63) is 23.3 Å². The number of likely N-dealkylation sites (tertiary alicyclic amines) is 1. The molecule has 2 heterocycles. The summed E-state index contributed by atoms with van der Waals surface area (Å²) in [4.78, 5) is 27.9. The van der Waals surface area contributed by atoms with Gasteiger partial charge in [-0.3, -0.25) is 14.5 Å². The highest BCUT2D eigenvalue weighted by Gasteiger charge is 2.73. The smallest absolute Gasteiger partial charge is 0.311 e. The van der Waals surface area contributed by atoms with Crippen molar-refractivity contribution in [2.45, 2.75) is 82.0 Å². The van der Waals surface area contributed by atoms with Gasteiger partial charge in [-0.2, -0.15) is 0 Å². The molecule has 1 N–H and O–H groups in total. The highest BCUT2D eigenvalue weighted by Crippen LogP contribution is 2.65. The van der Waals surface area contributed by atoms with Crippen LogP contribution in [0.3, 0.4) is 0 Å². The zero-order valence-corrected chi connectivity index (χ0v) is 18.4. The quantitative estimate of drug-likeness (QED) is 0.578. The molecule has 1 aromatic carbocycles. The van der Waals surface area contributed by atoms with E-state index in [-0.39, 0.29) is 23.7 Å². The zero-order valence-electron chi connectivity index (χ0n) is 18.4. The van der Waals surface area contributed by atoms with Crippen LogP contribution in [0.15, 0.2) is 12.1 Å². The number of hydrogen-bond donors (Lipinski definition) is 1. The fourth-order valence-corrected chi connectivity index (χ4v) is 6.83. The minimum Gasteiger partial charge on any atom is -0.477 e. The fraction of sp³-hybridized carbons (Fsp3) is 0.680. The summed E-state index contributed by atoms with van der Waals surface area (Å²) >= 11 is 0. The third kappa shape index (κ3) is 2.64. The van der Waals surface area contributed by atoms with Crippen LogP contribution in [0.2, 0.25) is 0 Å². The Morgan fingerprint density at radius 1 is 1.32 bits per heavy atom. The molecule has 31 heavy (non-hydrogen) atoms. The average Bonchev–Trinajstić information content (AvgIpc) is 3.44. The minimum absolute atomic E-state index is 0.00819. The van der Waals surface area contributed by atoms with Crippen molar-refractivity contribution < 1.29 is 24.2 Å². The summed E-state index contributed by atoms with van der Waals surface area (Å²) in [5, 5.41) is 12.2. The Balaban J connectivity index is 1.46. The second-order valence-electron chi connectivity index (χ2n) is 10.8. The van der Waals surface area contributed by atoms with E-state index in [1.54, 1.807) is 0 Å². The van der Waals surface area contributed by atoms with Crippen LogP contribution < -0.4 is 9.47 Å². The molecule has 1 aromatic rings. The van der Waals surface area contributed by atoms with Gasteiger partial charge in [-0.25, -0.2) is 0 Å². The van der Waals surface area contributed by atoms with Gasteiger partial charge < -0.3 is 14.6 Å². The third-order valence-electron chi connectivity index (χ3n) is 8.34. The van der Waals surface area contributed by atoms with Crippen molar-refractivity contribution in [3.8, 4) is 11.5 Å². The number of piperidine rings is 1. The first kappa shape index (κ1) is 19.7. The maximum Gasteiger partial charge on any atom is 0.311 e. The fourth-order valence-electron chi connectivity index (χ4n) is 6.83.